The highest BCUT2D eigenvalue weighted by molar-refractivity contribution is 6.32. The summed E-state index contributed by atoms with van der Waals surface area (Å²) in [6.07, 6.45) is 4.75. The highest BCUT2D eigenvalue weighted by Crippen LogP contribution is 2.18. The van der Waals surface area contributed by atoms with Gasteiger partial charge in [0.2, 0.25) is 0 Å². The number of aryl methyl sites for hydroxylation is 1. The first-order valence-corrected chi connectivity index (χ1v) is 12.3. The SMILES string of the molecule is Cc1cccc(/C=C(\NC(=O)c2ccccc2)C(=O)Nc2ccc(C(=O)/C=C/c3ccccc3Cl)cc2)c1. The van der Waals surface area contributed by atoms with Gasteiger partial charge in [0.25, 0.3) is 11.8 Å². The van der Waals surface area contributed by atoms with E-state index in [9.17, 15) is 14.4 Å². The molecule has 188 valence electrons. The maximum atomic E-state index is 13.2. The van der Waals surface area contributed by atoms with Gasteiger partial charge in [-0.15, -0.1) is 0 Å². The topological polar surface area (TPSA) is 75.3 Å². The van der Waals surface area contributed by atoms with Gasteiger partial charge in [0.15, 0.2) is 5.78 Å². The minimum absolute atomic E-state index is 0.0901. The van der Waals surface area contributed by atoms with Crippen molar-refractivity contribution < 1.29 is 14.4 Å². The molecule has 2 N–H and O–H groups in total. The fourth-order valence-electron chi connectivity index (χ4n) is 3.66. The molecule has 0 fully saturated rings. The van der Waals surface area contributed by atoms with Crippen molar-refractivity contribution in [2.45, 2.75) is 6.92 Å². The zero-order valence-electron chi connectivity index (χ0n) is 20.6. The summed E-state index contributed by atoms with van der Waals surface area (Å²) < 4.78 is 0. The summed E-state index contributed by atoms with van der Waals surface area (Å²) in [5.41, 5.74) is 4.00. The van der Waals surface area contributed by atoms with Crippen LogP contribution in [0.25, 0.3) is 12.2 Å². The van der Waals surface area contributed by atoms with E-state index in [0.29, 0.717) is 21.8 Å². The Morgan fingerprint density at radius 1 is 0.763 bits per heavy atom. The second-order valence-electron chi connectivity index (χ2n) is 8.54. The summed E-state index contributed by atoms with van der Waals surface area (Å²) in [7, 11) is 0. The number of allylic oxidation sites excluding steroid dienone is 1. The van der Waals surface area contributed by atoms with Gasteiger partial charge >= 0.3 is 0 Å². The second-order valence-corrected chi connectivity index (χ2v) is 8.95. The lowest BCUT2D eigenvalue weighted by Crippen LogP contribution is -2.30. The number of amides is 2. The monoisotopic (exact) mass is 520 g/mol. The fourth-order valence-corrected chi connectivity index (χ4v) is 3.86. The summed E-state index contributed by atoms with van der Waals surface area (Å²) in [6.45, 7) is 1.95. The number of benzene rings is 4. The summed E-state index contributed by atoms with van der Waals surface area (Å²) >= 11 is 6.14. The van der Waals surface area contributed by atoms with E-state index in [1.165, 1.54) is 6.08 Å². The smallest absolute Gasteiger partial charge is 0.272 e. The minimum atomic E-state index is -0.492. The molecule has 0 radical (unpaired) electrons. The van der Waals surface area contributed by atoms with Crippen LogP contribution in [0, 0.1) is 6.92 Å². The van der Waals surface area contributed by atoms with E-state index >= 15 is 0 Å². The van der Waals surface area contributed by atoms with E-state index in [4.69, 9.17) is 11.6 Å². The average Bonchev–Trinajstić information content (AvgIpc) is 2.93. The Morgan fingerprint density at radius 3 is 2.18 bits per heavy atom. The van der Waals surface area contributed by atoms with Gasteiger partial charge in [0.05, 0.1) is 0 Å². The van der Waals surface area contributed by atoms with Gasteiger partial charge in [-0.05, 0) is 78.7 Å². The highest BCUT2D eigenvalue weighted by Gasteiger charge is 2.15. The molecule has 0 aliphatic heterocycles. The van der Waals surface area contributed by atoms with Crippen molar-refractivity contribution in [1.82, 2.24) is 5.32 Å². The zero-order valence-corrected chi connectivity index (χ0v) is 21.4. The third-order valence-electron chi connectivity index (χ3n) is 5.63. The summed E-state index contributed by atoms with van der Waals surface area (Å²) in [4.78, 5) is 38.6. The molecule has 6 heteroatoms. The number of hydrogen-bond donors (Lipinski definition) is 2. The molecule has 5 nitrogen and oxygen atoms in total. The molecule has 4 rings (SSSR count). The standard InChI is InChI=1S/C32H25ClN2O3/c1-22-8-7-9-23(20-22)21-29(35-31(37)26-11-3-2-4-12-26)32(38)34-27-17-14-25(15-18-27)30(36)19-16-24-10-5-6-13-28(24)33/h2-21H,1H3,(H,34,38)(H,35,37)/b19-16+,29-21-. The predicted octanol–water partition coefficient (Wildman–Crippen LogP) is 6.95. The first kappa shape index (κ1) is 26.3. The number of nitrogens with one attached hydrogen (secondary N) is 2. The Bertz CT molecular complexity index is 1520. The summed E-state index contributed by atoms with van der Waals surface area (Å²) in [5.74, 6) is -1.09. The Hall–Kier alpha value is -4.74. The predicted molar refractivity (Wildman–Crippen MR) is 153 cm³/mol. The molecule has 38 heavy (non-hydrogen) atoms. The Balaban J connectivity index is 1.50. The van der Waals surface area contributed by atoms with Crippen LogP contribution < -0.4 is 10.6 Å². The zero-order chi connectivity index (χ0) is 26.9. The Morgan fingerprint density at radius 2 is 1.47 bits per heavy atom. The average molecular weight is 521 g/mol. The summed E-state index contributed by atoms with van der Waals surface area (Å²) in [6, 6.07) is 30.0. The molecule has 0 spiro atoms. The number of halogens is 1. The van der Waals surface area contributed by atoms with Crippen LogP contribution in [0.3, 0.4) is 0 Å². The lowest BCUT2D eigenvalue weighted by atomic mass is 10.1. The lowest BCUT2D eigenvalue weighted by molar-refractivity contribution is -0.113. The van der Waals surface area contributed by atoms with Crippen molar-refractivity contribution in [2.75, 3.05) is 5.32 Å². The van der Waals surface area contributed by atoms with Gasteiger partial charge in [0, 0.05) is 21.8 Å². The van der Waals surface area contributed by atoms with Crippen LogP contribution in [0.1, 0.15) is 37.4 Å². The second kappa shape index (κ2) is 12.5. The molecule has 0 bridgehead atoms. The van der Waals surface area contributed by atoms with Crippen molar-refractivity contribution in [2.24, 2.45) is 0 Å². The molecule has 0 heterocycles. The van der Waals surface area contributed by atoms with E-state index in [1.54, 1.807) is 66.7 Å². The van der Waals surface area contributed by atoms with Crippen LogP contribution >= 0.6 is 11.6 Å². The number of ketones is 1. The lowest BCUT2D eigenvalue weighted by Gasteiger charge is -2.12. The Labute approximate surface area is 226 Å². The van der Waals surface area contributed by atoms with Crippen molar-refractivity contribution in [3.8, 4) is 0 Å². The number of hydrogen-bond acceptors (Lipinski definition) is 3. The van der Waals surface area contributed by atoms with Crippen LogP contribution in [0.2, 0.25) is 5.02 Å². The molecule has 2 amide bonds. The van der Waals surface area contributed by atoms with Gasteiger partial charge in [-0.2, -0.15) is 0 Å². The molecule has 0 saturated heterocycles. The molecule has 0 aliphatic rings. The van der Waals surface area contributed by atoms with Crippen molar-refractivity contribution in [3.63, 3.8) is 0 Å². The largest absolute Gasteiger partial charge is 0.321 e. The number of carbonyl (C=O) groups is 3. The van der Waals surface area contributed by atoms with Gasteiger partial charge in [0.1, 0.15) is 5.70 Å². The van der Waals surface area contributed by atoms with E-state index in [1.807, 2.05) is 55.5 Å². The van der Waals surface area contributed by atoms with Crippen LogP contribution in [0.15, 0.2) is 115 Å². The minimum Gasteiger partial charge on any atom is -0.321 e. The van der Waals surface area contributed by atoms with E-state index in [0.717, 1.165) is 16.7 Å². The third-order valence-corrected chi connectivity index (χ3v) is 5.97. The normalized spacial score (nSPS) is 11.3. The van der Waals surface area contributed by atoms with Crippen LogP contribution in [0.5, 0.6) is 0 Å². The molecule has 4 aromatic rings. The van der Waals surface area contributed by atoms with Crippen LogP contribution in [0.4, 0.5) is 5.69 Å². The van der Waals surface area contributed by atoms with Crippen molar-refractivity contribution >= 4 is 47.0 Å². The maximum Gasteiger partial charge on any atom is 0.272 e. The van der Waals surface area contributed by atoms with Crippen molar-refractivity contribution in [3.05, 3.63) is 148 Å². The first-order valence-electron chi connectivity index (χ1n) is 11.9. The third kappa shape index (κ3) is 7.15. The molecule has 0 aromatic heterocycles. The fraction of sp³-hybridized carbons (Fsp3) is 0.0312. The molecule has 4 aromatic carbocycles. The molecule has 0 saturated carbocycles. The first-order chi connectivity index (χ1) is 18.4. The maximum absolute atomic E-state index is 13.2. The van der Waals surface area contributed by atoms with Crippen LogP contribution in [-0.4, -0.2) is 17.6 Å². The van der Waals surface area contributed by atoms with E-state index in [2.05, 4.69) is 10.6 Å². The number of carbonyl (C=O) groups excluding carboxylic acids is 3. The van der Waals surface area contributed by atoms with E-state index < -0.39 is 11.8 Å². The quantitative estimate of drug-likeness (QED) is 0.195. The molecular weight excluding hydrogens is 496 g/mol. The van der Waals surface area contributed by atoms with Gasteiger partial charge in [-0.1, -0.05) is 77.8 Å². The molecule has 0 aliphatic carbocycles. The van der Waals surface area contributed by atoms with E-state index in [-0.39, 0.29) is 11.5 Å². The Kier molecular flexibility index (Phi) is 8.65. The molecule has 0 unspecified atom stereocenters. The summed E-state index contributed by atoms with van der Waals surface area (Å²) in [5, 5.41) is 6.08. The van der Waals surface area contributed by atoms with Crippen LogP contribution in [-0.2, 0) is 4.79 Å². The molecule has 0 atom stereocenters. The molecular formula is C32H25ClN2O3. The van der Waals surface area contributed by atoms with Crippen molar-refractivity contribution in [1.29, 1.82) is 0 Å². The number of anilines is 1. The van der Waals surface area contributed by atoms with Gasteiger partial charge in [-0.3, -0.25) is 14.4 Å². The van der Waals surface area contributed by atoms with Gasteiger partial charge in [-0.25, -0.2) is 0 Å². The highest BCUT2D eigenvalue weighted by atomic mass is 35.5. The van der Waals surface area contributed by atoms with Gasteiger partial charge < -0.3 is 10.6 Å². The number of rotatable bonds is 8.